The zero-order chi connectivity index (χ0) is 18.0. The van der Waals surface area contributed by atoms with Gasteiger partial charge in [-0.2, -0.15) is 5.10 Å². The molecule has 0 atom stereocenters. The van der Waals surface area contributed by atoms with Crippen molar-refractivity contribution in [2.75, 3.05) is 11.4 Å². The molecule has 0 aliphatic carbocycles. The van der Waals surface area contributed by atoms with Crippen molar-refractivity contribution >= 4 is 11.6 Å². The van der Waals surface area contributed by atoms with Crippen LogP contribution < -0.4 is 10.5 Å². The van der Waals surface area contributed by atoms with Crippen LogP contribution in [0.15, 0.2) is 29.1 Å². The summed E-state index contributed by atoms with van der Waals surface area (Å²) in [6.45, 7) is 2.74. The molecule has 7 heteroatoms. The SMILES string of the molecule is CCCCn1nc(C(=O)N2CCCc3cc(F)cc(F)c32)ccc1=O. The summed E-state index contributed by atoms with van der Waals surface area (Å²) >= 11 is 0. The molecule has 1 aliphatic heterocycles. The largest absolute Gasteiger partial charge is 0.304 e. The second-order valence-electron chi connectivity index (χ2n) is 6.09. The van der Waals surface area contributed by atoms with Gasteiger partial charge < -0.3 is 4.90 Å². The highest BCUT2D eigenvalue weighted by Crippen LogP contribution is 2.31. The van der Waals surface area contributed by atoms with E-state index in [0.717, 1.165) is 18.9 Å². The molecule has 0 saturated heterocycles. The predicted molar refractivity (Wildman–Crippen MR) is 89.8 cm³/mol. The number of anilines is 1. The van der Waals surface area contributed by atoms with E-state index in [4.69, 9.17) is 0 Å². The summed E-state index contributed by atoms with van der Waals surface area (Å²) in [6.07, 6.45) is 2.78. The van der Waals surface area contributed by atoms with Gasteiger partial charge in [0.05, 0.1) is 5.69 Å². The number of nitrogens with zero attached hydrogens (tertiary/aromatic N) is 3. The van der Waals surface area contributed by atoms with Gasteiger partial charge in [-0.15, -0.1) is 0 Å². The third-order valence-electron chi connectivity index (χ3n) is 4.26. The van der Waals surface area contributed by atoms with Gasteiger partial charge in [-0.1, -0.05) is 13.3 Å². The topological polar surface area (TPSA) is 55.2 Å². The summed E-state index contributed by atoms with van der Waals surface area (Å²) in [7, 11) is 0. The van der Waals surface area contributed by atoms with Crippen molar-refractivity contribution < 1.29 is 13.6 Å². The van der Waals surface area contributed by atoms with Gasteiger partial charge in [0, 0.05) is 25.2 Å². The molecular weight excluding hydrogens is 328 g/mol. The Labute approximate surface area is 143 Å². The number of halogens is 2. The molecule has 1 aromatic carbocycles. The lowest BCUT2D eigenvalue weighted by atomic mass is 10.0. The molecule has 25 heavy (non-hydrogen) atoms. The highest BCUT2D eigenvalue weighted by atomic mass is 19.1. The number of carbonyl (C=O) groups excluding carboxylic acids is 1. The Hall–Kier alpha value is -2.57. The standard InChI is InChI=1S/C18H19F2N3O2/c1-2-3-9-23-16(24)7-6-15(21-23)18(25)22-8-4-5-12-10-13(19)11-14(20)17(12)22/h6-7,10-11H,2-5,8-9H2,1H3. The molecule has 0 saturated carbocycles. The molecule has 2 aromatic rings. The fraction of sp³-hybridized carbons (Fsp3) is 0.389. The maximum atomic E-state index is 14.3. The Morgan fingerprint density at radius 2 is 2.08 bits per heavy atom. The second kappa shape index (κ2) is 7.13. The van der Waals surface area contributed by atoms with Gasteiger partial charge >= 0.3 is 0 Å². The molecule has 1 amide bonds. The van der Waals surface area contributed by atoms with Crippen LogP contribution in [0.3, 0.4) is 0 Å². The highest BCUT2D eigenvalue weighted by molar-refractivity contribution is 6.05. The third kappa shape index (κ3) is 3.45. The summed E-state index contributed by atoms with van der Waals surface area (Å²) in [5, 5.41) is 4.12. The number of unbranched alkanes of at least 4 members (excludes halogenated alkanes) is 1. The van der Waals surface area contributed by atoms with Crippen molar-refractivity contribution in [1.82, 2.24) is 9.78 Å². The first-order valence-electron chi connectivity index (χ1n) is 8.39. The van der Waals surface area contributed by atoms with Crippen LogP contribution in [-0.2, 0) is 13.0 Å². The van der Waals surface area contributed by atoms with E-state index >= 15 is 0 Å². The maximum Gasteiger partial charge on any atom is 0.278 e. The van der Waals surface area contributed by atoms with Crippen molar-refractivity contribution in [3.8, 4) is 0 Å². The van der Waals surface area contributed by atoms with Gasteiger partial charge in [0.15, 0.2) is 0 Å². The Bertz CT molecular complexity index is 864. The molecule has 0 spiro atoms. The van der Waals surface area contributed by atoms with E-state index in [1.807, 2.05) is 6.92 Å². The van der Waals surface area contributed by atoms with Crippen LogP contribution in [-0.4, -0.2) is 22.2 Å². The molecular formula is C18H19F2N3O2. The predicted octanol–water partition coefficient (Wildman–Crippen LogP) is 2.91. The Morgan fingerprint density at radius 1 is 1.28 bits per heavy atom. The summed E-state index contributed by atoms with van der Waals surface area (Å²) in [6, 6.07) is 4.68. The zero-order valence-electron chi connectivity index (χ0n) is 14.0. The summed E-state index contributed by atoms with van der Waals surface area (Å²) in [5.74, 6) is -1.91. The van der Waals surface area contributed by atoms with E-state index in [2.05, 4.69) is 5.10 Å². The molecule has 1 aromatic heterocycles. The summed E-state index contributed by atoms with van der Waals surface area (Å²) in [5.41, 5.74) is 0.367. The fourth-order valence-electron chi connectivity index (χ4n) is 3.02. The molecule has 2 heterocycles. The number of amides is 1. The molecule has 1 aliphatic rings. The van der Waals surface area contributed by atoms with Crippen molar-refractivity contribution in [1.29, 1.82) is 0 Å². The van der Waals surface area contributed by atoms with Gasteiger partial charge in [0.25, 0.3) is 11.5 Å². The molecule has 0 bridgehead atoms. The highest BCUT2D eigenvalue weighted by Gasteiger charge is 2.28. The lowest BCUT2D eigenvalue weighted by Gasteiger charge is -2.29. The Balaban J connectivity index is 1.97. The van der Waals surface area contributed by atoms with E-state index in [1.54, 1.807) is 0 Å². The summed E-state index contributed by atoms with van der Waals surface area (Å²) < 4.78 is 28.9. The van der Waals surface area contributed by atoms with Crippen LogP contribution in [0.2, 0.25) is 0 Å². The van der Waals surface area contributed by atoms with E-state index in [1.165, 1.54) is 27.8 Å². The van der Waals surface area contributed by atoms with Gasteiger partial charge in [0.1, 0.15) is 17.3 Å². The minimum Gasteiger partial charge on any atom is -0.304 e. The lowest BCUT2D eigenvalue weighted by Crippen LogP contribution is -2.38. The van der Waals surface area contributed by atoms with E-state index in [0.29, 0.717) is 31.5 Å². The summed E-state index contributed by atoms with van der Waals surface area (Å²) in [4.78, 5) is 25.9. The number of hydrogen-bond acceptors (Lipinski definition) is 3. The maximum absolute atomic E-state index is 14.3. The number of hydrogen-bond donors (Lipinski definition) is 0. The van der Waals surface area contributed by atoms with Crippen molar-refractivity contribution in [2.45, 2.75) is 39.2 Å². The van der Waals surface area contributed by atoms with Gasteiger partial charge in [-0.25, -0.2) is 13.5 Å². The number of carbonyl (C=O) groups is 1. The molecule has 5 nitrogen and oxygen atoms in total. The average molecular weight is 347 g/mol. The van der Waals surface area contributed by atoms with Crippen LogP contribution in [0.5, 0.6) is 0 Å². The van der Waals surface area contributed by atoms with Gasteiger partial charge in [-0.3, -0.25) is 9.59 Å². The Morgan fingerprint density at radius 3 is 2.84 bits per heavy atom. The number of rotatable bonds is 4. The van der Waals surface area contributed by atoms with Crippen LogP contribution in [0.4, 0.5) is 14.5 Å². The Kier molecular flexibility index (Phi) is 4.92. The van der Waals surface area contributed by atoms with Crippen LogP contribution in [0, 0.1) is 11.6 Å². The van der Waals surface area contributed by atoms with Gasteiger partial charge in [0.2, 0.25) is 0 Å². The van der Waals surface area contributed by atoms with Crippen molar-refractivity contribution in [2.24, 2.45) is 0 Å². The van der Waals surface area contributed by atoms with E-state index in [-0.39, 0.29) is 16.9 Å². The first kappa shape index (κ1) is 17.3. The zero-order valence-corrected chi connectivity index (χ0v) is 14.0. The average Bonchev–Trinajstić information content (AvgIpc) is 2.59. The molecule has 132 valence electrons. The minimum atomic E-state index is -0.762. The van der Waals surface area contributed by atoms with E-state index in [9.17, 15) is 18.4 Å². The third-order valence-corrected chi connectivity index (χ3v) is 4.26. The quantitative estimate of drug-likeness (QED) is 0.854. The molecule has 0 radical (unpaired) electrons. The monoisotopic (exact) mass is 347 g/mol. The van der Waals surface area contributed by atoms with Crippen molar-refractivity contribution in [3.63, 3.8) is 0 Å². The lowest BCUT2D eigenvalue weighted by molar-refractivity contribution is 0.0976. The number of aromatic nitrogens is 2. The normalized spacial score (nSPS) is 13.6. The van der Waals surface area contributed by atoms with Crippen molar-refractivity contribution in [3.05, 3.63) is 57.5 Å². The first-order valence-corrected chi connectivity index (χ1v) is 8.39. The number of benzene rings is 1. The van der Waals surface area contributed by atoms with E-state index < -0.39 is 17.5 Å². The molecule has 0 N–H and O–H groups in total. The second-order valence-corrected chi connectivity index (χ2v) is 6.09. The van der Waals surface area contributed by atoms with Crippen LogP contribution in [0.25, 0.3) is 0 Å². The first-order chi connectivity index (χ1) is 12.0. The molecule has 3 rings (SSSR count). The number of fused-ring (bicyclic) bond motifs is 1. The van der Waals surface area contributed by atoms with Crippen LogP contribution in [0.1, 0.15) is 42.2 Å². The minimum absolute atomic E-state index is 0.0762. The molecule has 0 fully saturated rings. The smallest absolute Gasteiger partial charge is 0.278 e. The van der Waals surface area contributed by atoms with Gasteiger partial charge in [-0.05, 0) is 37.0 Å². The fourth-order valence-corrected chi connectivity index (χ4v) is 3.02. The number of aryl methyl sites for hydroxylation is 2. The van der Waals surface area contributed by atoms with Crippen LogP contribution >= 0.6 is 0 Å². The molecule has 0 unspecified atom stereocenters.